The van der Waals surface area contributed by atoms with E-state index >= 15 is 0 Å². The molecule has 25 heavy (non-hydrogen) atoms. The zero-order valence-electron chi connectivity index (χ0n) is 15.4. The number of benzene rings is 2. The van der Waals surface area contributed by atoms with Gasteiger partial charge in [0.15, 0.2) is 0 Å². The van der Waals surface area contributed by atoms with Gasteiger partial charge in [-0.2, -0.15) is 0 Å². The van der Waals surface area contributed by atoms with E-state index in [2.05, 4.69) is 0 Å². The van der Waals surface area contributed by atoms with Crippen LogP contribution in [0.4, 0.5) is 4.39 Å². The number of ether oxygens (including phenoxy) is 1. The van der Waals surface area contributed by atoms with E-state index in [4.69, 9.17) is 14.0 Å². The lowest BCUT2D eigenvalue weighted by atomic mass is 9.77. The molecule has 2 aromatic carbocycles. The van der Waals surface area contributed by atoms with Crippen molar-refractivity contribution < 1.29 is 18.4 Å². The normalized spacial score (nSPS) is 18.4. The van der Waals surface area contributed by atoms with Crippen LogP contribution in [0.2, 0.25) is 0 Å². The van der Waals surface area contributed by atoms with Crippen LogP contribution in [-0.4, -0.2) is 18.3 Å². The van der Waals surface area contributed by atoms with Gasteiger partial charge in [-0.15, -0.1) is 0 Å². The lowest BCUT2D eigenvalue weighted by Crippen LogP contribution is -2.41. The van der Waals surface area contributed by atoms with Crippen molar-refractivity contribution in [1.82, 2.24) is 0 Å². The molecule has 5 heteroatoms. The quantitative estimate of drug-likeness (QED) is 0.786. The summed E-state index contributed by atoms with van der Waals surface area (Å²) in [4.78, 5) is 0. The van der Waals surface area contributed by atoms with Crippen molar-refractivity contribution in [3.63, 3.8) is 0 Å². The molecule has 3 nitrogen and oxygen atoms in total. The molecule has 1 fully saturated rings. The van der Waals surface area contributed by atoms with Gasteiger partial charge in [-0.1, -0.05) is 36.4 Å². The second-order valence-corrected chi connectivity index (χ2v) is 7.47. The summed E-state index contributed by atoms with van der Waals surface area (Å²) in [7, 11) is -0.796. The average Bonchev–Trinajstić information content (AvgIpc) is 2.77. The first-order valence-corrected chi connectivity index (χ1v) is 8.53. The van der Waals surface area contributed by atoms with Crippen LogP contribution in [0.3, 0.4) is 0 Å². The van der Waals surface area contributed by atoms with Crippen LogP contribution in [0.1, 0.15) is 38.8 Å². The van der Waals surface area contributed by atoms with E-state index < -0.39 is 18.3 Å². The van der Waals surface area contributed by atoms with Gasteiger partial charge in [0.25, 0.3) is 0 Å². The van der Waals surface area contributed by atoms with E-state index in [0.29, 0.717) is 23.4 Å². The summed E-state index contributed by atoms with van der Waals surface area (Å²) < 4.78 is 32.9. The second-order valence-electron chi connectivity index (χ2n) is 7.47. The van der Waals surface area contributed by atoms with Crippen molar-refractivity contribution >= 4 is 12.6 Å². The molecular weight excluding hydrogens is 318 g/mol. The number of rotatable bonds is 4. The van der Waals surface area contributed by atoms with Gasteiger partial charge in [-0.3, -0.25) is 0 Å². The Morgan fingerprint density at radius 1 is 0.960 bits per heavy atom. The Hall–Kier alpha value is -1.85. The molecule has 1 saturated heterocycles. The van der Waals surface area contributed by atoms with E-state index in [1.165, 1.54) is 0 Å². The van der Waals surface area contributed by atoms with Crippen molar-refractivity contribution in [2.24, 2.45) is 0 Å². The summed E-state index contributed by atoms with van der Waals surface area (Å²) in [5.41, 5.74) is 0.810. The summed E-state index contributed by atoms with van der Waals surface area (Å²) in [5.74, 6) is 0.106. The fourth-order valence-corrected chi connectivity index (χ4v) is 2.73. The maximum absolute atomic E-state index is 14.9. The minimum atomic E-state index is -0.796. The highest BCUT2D eigenvalue weighted by atomic mass is 19.1. The monoisotopic (exact) mass is 342 g/mol. The lowest BCUT2D eigenvalue weighted by Gasteiger charge is -2.32. The van der Waals surface area contributed by atoms with Crippen molar-refractivity contribution in [3.8, 4) is 5.75 Å². The highest BCUT2D eigenvalue weighted by Crippen LogP contribution is 2.37. The van der Waals surface area contributed by atoms with Gasteiger partial charge in [0.2, 0.25) is 0 Å². The average molecular weight is 342 g/mol. The molecule has 3 rings (SSSR count). The number of hydrogen-bond acceptors (Lipinski definition) is 3. The molecule has 0 atom stereocenters. The smallest absolute Gasteiger partial charge is 0.489 e. The largest absolute Gasteiger partial charge is 0.501 e. The van der Waals surface area contributed by atoms with Crippen LogP contribution in [0.5, 0.6) is 5.75 Å². The van der Waals surface area contributed by atoms with Gasteiger partial charge in [0.1, 0.15) is 18.2 Å². The molecule has 1 aliphatic rings. The van der Waals surface area contributed by atoms with Gasteiger partial charge in [-0.05, 0) is 51.8 Å². The molecule has 0 amide bonds. The van der Waals surface area contributed by atoms with Gasteiger partial charge >= 0.3 is 7.12 Å². The highest BCUT2D eigenvalue weighted by Gasteiger charge is 2.53. The summed E-state index contributed by atoms with van der Waals surface area (Å²) in [6, 6.07) is 13.3. The molecule has 0 aromatic heterocycles. The number of halogens is 1. The van der Waals surface area contributed by atoms with Crippen LogP contribution in [0.15, 0.2) is 42.5 Å². The third-order valence-electron chi connectivity index (χ3n) is 5.06. The Bertz CT molecular complexity index is 743. The SMILES string of the molecule is Cc1ccc(OCc2ccccc2)c(B2OC(C)(C)C(C)(C)O2)c1F. The van der Waals surface area contributed by atoms with Gasteiger partial charge in [0, 0.05) is 0 Å². The van der Waals surface area contributed by atoms with E-state index in [0.717, 1.165) is 5.56 Å². The first-order chi connectivity index (χ1) is 11.7. The first-order valence-electron chi connectivity index (χ1n) is 8.53. The molecule has 0 radical (unpaired) electrons. The topological polar surface area (TPSA) is 27.7 Å². The number of aryl methyl sites for hydroxylation is 1. The van der Waals surface area contributed by atoms with Crippen molar-refractivity contribution in [2.75, 3.05) is 0 Å². The molecule has 1 heterocycles. The molecule has 0 unspecified atom stereocenters. The van der Waals surface area contributed by atoms with Gasteiger partial charge in [-0.25, -0.2) is 4.39 Å². The highest BCUT2D eigenvalue weighted by molar-refractivity contribution is 6.63. The van der Waals surface area contributed by atoms with E-state index in [1.54, 1.807) is 19.1 Å². The molecule has 0 saturated carbocycles. The fourth-order valence-electron chi connectivity index (χ4n) is 2.73. The van der Waals surface area contributed by atoms with Crippen LogP contribution in [0.25, 0.3) is 0 Å². The predicted molar refractivity (Wildman–Crippen MR) is 97.6 cm³/mol. The standard InChI is InChI=1S/C20H24BFO3/c1-14-11-12-16(23-13-15-9-7-6-8-10-15)17(18(14)22)21-24-19(2,3)20(4,5)25-21/h6-12H,13H2,1-5H3. The minimum absolute atomic E-state index is 0.328. The molecule has 2 aromatic rings. The molecular formula is C20H24BFO3. The van der Waals surface area contributed by atoms with Crippen LogP contribution in [-0.2, 0) is 15.9 Å². The molecule has 0 aliphatic carbocycles. The Morgan fingerprint density at radius 3 is 2.16 bits per heavy atom. The molecule has 0 spiro atoms. The summed E-state index contributed by atoms with van der Waals surface area (Å²) in [6.45, 7) is 9.88. The van der Waals surface area contributed by atoms with Crippen molar-refractivity contribution in [1.29, 1.82) is 0 Å². The fraction of sp³-hybridized carbons (Fsp3) is 0.400. The van der Waals surface area contributed by atoms with E-state index in [-0.39, 0.29) is 5.82 Å². The third kappa shape index (κ3) is 3.44. The summed E-state index contributed by atoms with van der Waals surface area (Å²) in [6.07, 6.45) is 0. The zero-order valence-corrected chi connectivity index (χ0v) is 15.4. The molecule has 1 aliphatic heterocycles. The van der Waals surface area contributed by atoms with E-state index in [1.807, 2.05) is 58.0 Å². The minimum Gasteiger partial charge on any atom is -0.489 e. The maximum atomic E-state index is 14.9. The van der Waals surface area contributed by atoms with Crippen LogP contribution >= 0.6 is 0 Å². The summed E-state index contributed by atoms with van der Waals surface area (Å²) in [5, 5.41) is 0. The lowest BCUT2D eigenvalue weighted by molar-refractivity contribution is 0.00578. The first kappa shape index (κ1) is 18.0. The van der Waals surface area contributed by atoms with Gasteiger partial charge in [0.05, 0.1) is 16.7 Å². The molecule has 0 bridgehead atoms. The molecule has 0 N–H and O–H groups in total. The Morgan fingerprint density at radius 2 is 1.56 bits per heavy atom. The van der Waals surface area contributed by atoms with Crippen LogP contribution in [0, 0.1) is 12.7 Å². The van der Waals surface area contributed by atoms with E-state index in [9.17, 15) is 4.39 Å². The zero-order chi connectivity index (χ0) is 18.2. The maximum Gasteiger partial charge on any atom is 0.501 e. The number of hydrogen-bond donors (Lipinski definition) is 0. The second kappa shape index (κ2) is 6.47. The van der Waals surface area contributed by atoms with Crippen molar-refractivity contribution in [2.45, 2.75) is 52.4 Å². The molecule has 132 valence electrons. The Kier molecular flexibility index (Phi) is 4.65. The van der Waals surface area contributed by atoms with Crippen molar-refractivity contribution in [3.05, 3.63) is 59.4 Å². The Labute approximate surface area is 149 Å². The van der Waals surface area contributed by atoms with Crippen LogP contribution < -0.4 is 10.2 Å². The summed E-state index contributed by atoms with van der Waals surface area (Å²) >= 11 is 0. The Balaban J connectivity index is 1.92. The third-order valence-corrected chi connectivity index (χ3v) is 5.06. The predicted octanol–water partition coefficient (Wildman–Crippen LogP) is 4.01. The van der Waals surface area contributed by atoms with Gasteiger partial charge < -0.3 is 14.0 Å².